The fourth-order valence-corrected chi connectivity index (χ4v) is 2.84. The monoisotopic (exact) mass is 326 g/mol. The van der Waals surface area contributed by atoms with Crippen LogP contribution in [0.4, 0.5) is 0 Å². The summed E-state index contributed by atoms with van der Waals surface area (Å²) < 4.78 is 16.4. The molecule has 2 rings (SSSR count). The molecule has 22 heavy (non-hydrogen) atoms. The molecule has 0 spiro atoms. The third kappa shape index (κ3) is 4.70. The first kappa shape index (κ1) is 17.3. The van der Waals surface area contributed by atoms with E-state index in [2.05, 4.69) is 0 Å². The van der Waals surface area contributed by atoms with Crippen molar-refractivity contribution in [3.05, 3.63) is 34.3 Å². The third-order valence-corrected chi connectivity index (χ3v) is 3.98. The molecule has 1 unspecified atom stereocenters. The van der Waals surface area contributed by atoms with Crippen molar-refractivity contribution in [3.8, 4) is 0 Å². The van der Waals surface area contributed by atoms with Crippen LogP contribution >= 0.6 is 11.6 Å². The molecule has 1 saturated heterocycles. The SMILES string of the molecule is COC(=O)c1cc(CC(C)(C)OC2CCCCO2)ccc1Cl. The van der Waals surface area contributed by atoms with Crippen LogP contribution in [-0.4, -0.2) is 31.6 Å². The van der Waals surface area contributed by atoms with Crippen LogP contribution in [-0.2, 0) is 20.6 Å². The van der Waals surface area contributed by atoms with Crippen LogP contribution < -0.4 is 0 Å². The van der Waals surface area contributed by atoms with Crippen molar-refractivity contribution in [2.45, 2.75) is 51.4 Å². The zero-order chi connectivity index (χ0) is 16.2. The van der Waals surface area contributed by atoms with Crippen LogP contribution in [0.2, 0.25) is 5.02 Å². The van der Waals surface area contributed by atoms with E-state index in [4.69, 9.17) is 25.8 Å². The van der Waals surface area contributed by atoms with Gasteiger partial charge in [0.2, 0.25) is 0 Å². The minimum Gasteiger partial charge on any atom is -0.465 e. The number of benzene rings is 1. The van der Waals surface area contributed by atoms with Crippen molar-refractivity contribution in [2.24, 2.45) is 0 Å². The summed E-state index contributed by atoms with van der Waals surface area (Å²) in [6, 6.07) is 5.39. The second-order valence-corrected chi connectivity index (χ2v) is 6.56. The average molecular weight is 327 g/mol. The second kappa shape index (κ2) is 7.44. The minimum atomic E-state index is -0.429. The summed E-state index contributed by atoms with van der Waals surface area (Å²) in [5.74, 6) is -0.429. The van der Waals surface area contributed by atoms with E-state index in [0.717, 1.165) is 31.4 Å². The minimum absolute atomic E-state index is 0.142. The van der Waals surface area contributed by atoms with Crippen molar-refractivity contribution in [1.82, 2.24) is 0 Å². The van der Waals surface area contributed by atoms with E-state index in [1.165, 1.54) is 7.11 Å². The lowest BCUT2D eigenvalue weighted by atomic mass is 9.96. The fraction of sp³-hybridized carbons (Fsp3) is 0.588. The van der Waals surface area contributed by atoms with Gasteiger partial charge in [-0.3, -0.25) is 0 Å². The smallest absolute Gasteiger partial charge is 0.339 e. The highest BCUT2D eigenvalue weighted by molar-refractivity contribution is 6.33. The van der Waals surface area contributed by atoms with Gasteiger partial charge in [-0.05, 0) is 50.8 Å². The van der Waals surface area contributed by atoms with E-state index in [1.54, 1.807) is 12.1 Å². The zero-order valence-corrected chi connectivity index (χ0v) is 14.1. The predicted molar refractivity (Wildman–Crippen MR) is 85.3 cm³/mol. The number of carbonyl (C=O) groups is 1. The molecule has 0 bridgehead atoms. The Balaban J connectivity index is 2.06. The van der Waals surface area contributed by atoms with Crippen LogP contribution in [0.25, 0.3) is 0 Å². The number of esters is 1. The molecule has 0 radical (unpaired) electrons. The molecule has 1 atom stereocenters. The summed E-state index contributed by atoms with van der Waals surface area (Å²) in [6.45, 7) is 4.81. The van der Waals surface area contributed by atoms with Gasteiger partial charge in [0.05, 0.1) is 23.3 Å². The fourth-order valence-electron chi connectivity index (χ4n) is 2.64. The van der Waals surface area contributed by atoms with Gasteiger partial charge in [0.15, 0.2) is 6.29 Å². The summed E-state index contributed by atoms with van der Waals surface area (Å²) in [5.41, 5.74) is 0.973. The Morgan fingerprint density at radius 1 is 1.41 bits per heavy atom. The van der Waals surface area contributed by atoms with Crippen LogP contribution in [0.5, 0.6) is 0 Å². The molecule has 1 aromatic carbocycles. The van der Waals surface area contributed by atoms with E-state index in [1.807, 2.05) is 19.9 Å². The van der Waals surface area contributed by atoms with E-state index in [0.29, 0.717) is 17.0 Å². The number of carbonyl (C=O) groups excluding carboxylic acids is 1. The Morgan fingerprint density at radius 3 is 2.82 bits per heavy atom. The lowest BCUT2D eigenvalue weighted by Crippen LogP contribution is -2.35. The molecule has 1 heterocycles. The van der Waals surface area contributed by atoms with E-state index in [-0.39, 0.29) is 11.9 Å². The maximum absolute atomic E-state index is 11.7. The molecule has 1 aliphatic rings. The van der Waals surface area contributed by atoms with Gasteiger partial charge >= 0.3 is 5.97 Å². The number of hydrogen-bond donors (Lipinski definition) is 0. The quantitative estimate of drug-likeness (QED) is 0.767. The summed E-state index contributed by atoms with van der Waals surface area (Å²) in [7, 11) is 1.35. The lowest BCUT2D eigenvalue weighted by Gasteiger charge is -2.33. The van der Waals surface area contributed by atoms with Crippen molar-refractivity contribution in [3.63, 3.8) is 0 Å². The van der Waals surface area contributed by atoms with Crippen molar-refractivity contribution >= 4 is 17.6 Å². The summed E-state index contributed by atoms with van der Waals surface area (Å²) in [6.07, 6.45) is 3.68. The summed E-state index contributed by atoms with van der Waals surface area (Å²) in [5, 5.41) is 0.393. The molecule has 0 N–H and O–H groups in total. The van der Waals surface area contributed by atoms with Gasteiger partial charge in [-0.1, -0.05) is 17.7 Å². The van der Waals surface area contributed by atoms with Gasteiger partial charge in [-0.15, -0.1) is 0 Å². The molecule has 5 heteroatoms. The molecule has 122 valence electrons. The summed E-state index contributed by atoms with van der Waals surface area (Å²) in [4.78, 5) is 11.7. The highest BCUT2D eigenvalue weighted by Gasteiger charge is 2.26. The van der Waals surface area contributed by atoms with E-state index >= 15 is 0 Å². The number of halogens is 1. The van der Waals surface area contributed by atoms with Gasteiger partial charge in [-0.25, -0.2) is 4.79 Å². The Kier molecular flexibility index (Phi) is 5.84. The number of rotatable bonds is 5. The van der Waals surface area contributed by atoms with Gasteiger partial charge in [0.1, 0.15) is 0 Å². The Morgan fingerprint density at radius 2 is 2.18 bits per heavy atom. The van der Waals surface area contributed by atoms with E-state index in [9.17, 15) is 4.79 Å². The van der Waals surface area contributed by atoms with Crippen LogP contribution in [0.1, 0.15) is 49.0 Å². The first-order chi connectivity index (χ1) is 10.4. The average Bonchev–Trinajstić information content (AvgIpc) is 2.48. The lowest BCUT2D eigenvalue weighted by molar-refractivity contribution is -0.214. The first-order valence-corrected chi connectivity index (χ1v) is 7.95. The molecule has 0 aliphatic carbocycles. The van der Waals surface area contributed by atoms with Crippen molar-refractivity contribution in [2.75, 3.05) is 13.7 Å². The molecule has 0 amide bonds. The van der Waals surface area contributed by atoms with Gasteiger partial charge in [-0.2, -0.15) is 0 Å². The number of hydrogen-bond acceptors (Lipinski definition) is 4. The largest absolute Gasteiger partial charge is 0.465 e. The standard InChI is InChI=1S/C17H23ClO4/c1-17(2,22-15-6-4-5-9-21-15)11-12-7-8-14(18)13(10-12)16(19)20-3/h7-8,10,15H,4-6,9,11H2,1-3H3. The van der Waals surface area contributed by atoms with Crippen LogP contribution in [0.15, 0.2) is 18.2 Å². The zero-order valence-electron chi connectivity index (χ0n) is 13.4. The highest BCUT2D eigenvalue weighted by atomic mass is 35.5. The van der Waals surface area contributed by atoms with Gasteiger partial charge < -0.3 is 14.2 Å². The van der Waals surface area contributed by atoms with Crippen molar-refractivity contribution < 1.29 is 19.0 Å². The molecule has 1 aromatic rings. The predicted octanol–water partition coefficient (Wildman–Crippen LogP) is 3.99. The molecule has 1 aliphatic heterocycles. The molecule has 1 fully saturated rings. The Bertz CT molecular complexity index is 521. The van der Waals surface area contributed by atoms with Crippen LogP contribution in [0.3, 0.4) is 0 Å². The van der Waals surface area contributed by atoms with Crippen LogP contribution in [0, 0.1) is 0 Å². The Hall–Kier alpha value is -1.10. The van der Waals surface area contributed by atoms with Gasteiger partial charge in [0, 0.05) is 13.0 Å². The Labute approximate surface area is 136 Å². The highest BCUT2D eigenvalue weighted by Crippen LogP contribution is 2.26. The molecule has 4 nitrogen and oxygen atoms in total. The number of ether oxygens (including phenoxy) is 3. The first-order valence-electron chi connectivity index (χ1n) is 7.57. The van der Waals surface area contributed by atoms with Gasteiger partial charge in [0.25, 0.3) is 0 Å². The molecule has 0 saturated carbocycles. The van der Waals surface area contributed by atoms with Crippen molar-refractivity contribution in [1.29, 1.82) is 0 Å². The normalized spacial score (nSPS) is 19.0. The van der Waals surface area contributed by atoms with E-state index < -0.39 is 5.97 Å². The number of methoxy groups -OCH3 is 1. The topological polar surface area (TPSA) is 44.8 Å². The maximum Gasteiger partial charge on any atom is 0.339 e. The maximum atomic E-state index is 11.7. The molecular weight excluding hydrogens is 304 g/mol. The molecule has 0 aromatic heterocycles. The summed E-state index contributed by atoms with van der Waals surface area (Å²) >= 11 is 6.04. The molecular formula is C17H23ClO4. The second-order valence-electron chi connectivity index (χ2n) is 6.16. The third-order valence-electron chi connectivity index (χ3n) is 3.65.